The van der Waals surface area contributed by atoms with Gasteiger partial charge in [0.1, 0.15) is 5.82 Å². The molecule has 0 aromatic heterocycles. The van der Waals surface area contributed by atoms with E-state index in [2.05, 4.69) is 29.8 Å². The van der Waals surface area contributed by atoms with Gasteiger partial charge in [-0.15, -0.1) is 0 Å². The van der Waals surface area contributed by atoms with Crippen LogP contribution in [0.4, 0.5) is 10.1 Å². The summed E-state index contributed by atoms with van der Waals surface area (Å²) in [6.07, 6.45) is 1.03. The van der Waals surface area contributed by atoms with Gasteiger partial charge in [0, 0.05) is 17.6 Å². The molecule has 2 N–H and O–H groups in total. The smallest absolute Gasteiger partial charge is 0.255 e. The molecule has 5 heteroatoms. The van der Waals surface area contributed by atoms with Crippen LogP contribution in [0.15, 0.2) is 16.6 Å². The van der Waals surface area contributed by atoms with Crippen molar-refractivity contribution in [1.29, 1.82) is 0 Å². The topological polar surface area (TPSA) is 46.3 Å². The molecule has 0 aliphatic carbocycles. The summed E-state index contributed by atoms with van der Waals surface area (Å²) in [4.78, 5) is 14.2. The number of hydrogen-bond donors (Lipinski definition) is 1. The van der Waals surface area contributed by atoms with Crippen LogP contribution in [0.5, 0.6) is 0 Å². The average molecular weight is 329 g/mol. The van der Waals surface area contributed by atoms with Crippen LogP contribution in [-0.2, 0) is 0 Å². The Kier molecular flexibility index (Phi) is 4.13. The fourth-order valence-corrected chi connectivity index (χ4v) is 2.90. The second kappa shape index (κ2) is 5.49. The third kappa shape index (κ3) is 2.91. The van der Waals surface area contributed by atoms with Gasteiger partial charge in [-0.2, -0.15) is 0 Å². The number of nitrogen functional groups attached to an aromatic ring is 1. The third-order valence-corrected chi connectivity index (χ3v) is 4.43. The summed E-state index contributed by atoms with van der Waals surface area (Å²) >= 11 is 3.23. The quantitative estimate of drug-likeness (QED) is 0.847. The number of hydrogen-bond acceptors (Lipinski definition) is 2. The van der Waals surface area contributed by atoms with Crippen LogP contribution in [0.3, 0.4) is 0 Å². The third-order valence-electron chi connectivity index (χ3n) is 3.77. The number of nitrogens with two attached hydrogens (primary N) is 1. The molecular formula is C14H18BrFN2O. The Balaban J connectivity index is 2.19. The minimum Gasteiger partial charge on any atom is -0.396 e. The van der Waals surface area contributed by atoms with E-state index >= 15 is 0 Å². The van der Waals surface area contributed by atoms with Gasteiger partial charge < -0.3 is 10.6 Å². The molecule has 1 aliphatic rings. The maximum atomic E-state index is 13.3. The zero-order valence-electron chi connectivity index (χ0n) is 11.1. The molecule has 104 valence electrons. The number of benzene rings is 1. The molecule has 0 saturated carbocycles. The number of rotatable bonds is 2. The molecule has 3 nitrogen and oxygen atoms in total. The Hall–Kier alpha value is -1.10. The van der Waals surface area contributed by atoms with E-state index in [1.54, 1.807) is 0 Å². The average Bonchev–Trinajstić information content (AvgIpc) is 2.82. The number of anilines is 1. The first-order chi connectivity index (χ1) is 8.90. The van der Waals surface area contributed by atoms with Crippen LogP contribution in [-0.4, -0.2) is 23.9 Å². The van der Waals surface area contributed by atoms with Gasteiger partial charge in [0.2, 0.25) is 0 Å². The van der Waals surface area contributed by atoms with Gasteiger partial charge in [0.25, 0.3) is 5.91 Å². The van der Waals surface area contributed by atoms with E-state index in [0.717, 1.165) is 19.5 Å². The molecule has 1 saturated heterocycles. The summed E-state index contributed by atoms with van der Waals surface area (Å²) in [6, 6.07) is 2.66. The number of nitrogens with zero attached hydrogens (tertiary/aromatic N) is 1. The van der Waals surface area contributed by atoms with Crippen molar-refractivity contribution in [3.05, 3.63) is 28.0 Å². The molecular weight excluding hydrogens is 311 g/mol. The van der Waals surface area contributed by atoms with Crippen LogP contribution in [0.2, 0.25) is 0 Å². The lowest BCUT2D eigenvalue weighted by Crippen LogP contribution is -2.29. The lowest BCUT2D eigenvalue weighted by atomic mass is 9.95. The Morgan fingerprint density at radius 1 is 1.53 bits per heavy atom. The highest BCUT2D eigenvalue weighted by molar-refractivity contribution is 9.10. The molecule has 1 atom stereocenters. The maximum Gasteiger partial charge on any atom is 0.255 e. The molecule has 19 heavy (non-hydrogen) atoms. The Bertz CT molecular complexity index is 504. The van der Waals surface area contributed by atoms with Crippen LogP contribution in [0.25, 0.3) is 0 Å². The number of halogens is 2. The molecule has 1 unspecified atom stereocenters. The van der Waals surface area contributed by atoms with Crippen molar-refractivity contribution in [2.24, 2.45) is 11.8 Å². The Morgan fingerprint density at radius 3 is 2.79 bits per heavy atom. The van der Waals surface area contributed by atoms with Crippen molar-refractivity contribution in [3.8, 4) is 0 Å². The van der Waals surface area contributed by atoms with E-state index in [0.29, 0.717) is 21.9 Å². The van der Waals surface area contributed by atoms with E-state index in [1.807, 2.05) is 4.90 Å². The minimum absolute atomic E-state index is 0.00570. The normalized spacial score (nSPS) is 19.2. The monoisotopic (exact) mass is 328 g/mol. The van der Waals surface area contributed by atoms with E-state index in [-0.39, 0.29) is 11.6 Å². The first-order valence-corrected chi connectivity index (χ1v) is 7.23. The van der Waals surface area contributed by atoms with E-state index < -0.39 is 5.82 Å². The van der Waals surface area contributed by atoms with Gasteiger partial charge in [0.05, 0.1) is 11.3 Å². The highest BCUT2D eigenvalue weighted by atomic mass is 79.9. The fraction of sp³-hybridized carbons (Fsp3) is 0.500. The number of amides is 1. The van der Waals surface area contributed by atoms with Gasteiger partial charge >= 0.3 is 0 Å². The van der Waals surface area contributed by atoms with Crippen LogP contribution >= 0.6 is 15.9 Å². The summed E-state index contributed by atoms with van der Waals surface area (Å²) < 4.78 is 13.7. The first-order valence-electron chi connectivity index (χ1n) is 6.44. The van der Waals surface area contributed by atoms with Crippen LogP contribution in [0, 0.1) is 17.7 Å². The minimum atomic E-state index is -0.509. The van der Waals surface area contributed by atoms with Crippen molar-refractivity contribution in [1.82, 2.24) is 4.90 Å². The van der Waals surface area contributed by atoms with Crippen molar-refractivity contribution < 1.29 is 9.18 Å². The van der Waals surface area contributed by atoms with Crippen molar-refractivity contribution >= 4 is 27.5 Å². The van der Waals surface area contributed by atoms with Gasteiger partial charge in [0.15, 0.2) is 0 Å². The van der Waals surface area contributed by atoms with Gasteiger partial charge in [-0.1, -0.05) is 13.8 Å². The molecule has 1 aromatic rings. The molecule has 1 aromatic carbocycles. The van der Waals surface area contributed by atoms with E-state index in [1.165, 1.54) is 12.1 Å². The SMILES string of the molecule is CC(C)C1CCN(C(=O)c2cc(N)c(F)cc2Br)C1. The van der Waals surface area contributed by atoms with Crippen LogP contribution < -0.4 is 5.73 Å². The summed E-state index contributed by atoms with van der Waals surface area (Å²) in [5, 5.41) is 0. The highest BCUT2D eigenvalue weighted by Crippen LogP contribution is 2.28. The maximum absolute atomic E-state index is 13.3. The zero-order chi connectivity index (χ0) is 14.2. The summed E-state index contributed by atoms with van der Waals surface area (Å²) in [6.45, 7) is 5.86. The highest BCUT2D eigenvalue weighted by Gasteiger charge is 2.29. The van der Waals surface area contributed by atoms with Crippen molar-refractivity contribution in [2.75, 3.05) is 18.8 Å². The fourth-order valence-electron chi connectivity index (χ4n) is 2.42. The lowest BCUT2D eigenvalue weighted by Gasteiger charge is -2.19. The molecule has 1 aliphatic heterocycles. The van der Waals surface area contributed by atoms with Crippen molar-refractivity contribution in [2.45, 2.75) is 20.3 Å². The summed E-state index contributed by atoms with van der Waals surface area (Å²) in [5.41, 5.74) is 5.97. The Morgan fingerprint density at radius 2 is 2.21 bits per heavy atom. The van der Waals surface area contributed by atoms with Crippen molar-refractivity contribution in [3.63, 3.8) is 0 Å². The molecule has 1 fully saturated rings. The first kappa shape index (κ1) is 14.3. The second-order valence-corrected chi connectivity index (χ2v) is 6.25. The summed E-state index contributed by atoms with van der Waals surface area (Å²) in [7, 11) is 0. The molecule has 0 spiro atoms. The van der Waals surface area contributed by atoms with Gasteiger partial charge in [-0.25, -0.2) is 4.39 Å². The second-order valence-electron chi connectivity index (χ2n) is 5.40. The standard InChI is InChI=1S/C14H18BrFN2O/c1-8(2)9-3-4-18(7-9)14(19)10-5-13(17)12(16)6-11(10)15/h5-6,8-9H,3-4,7,17H2,1-2H3. The zero-order valence-corrected chi connectivity index (χ0v) is 12.7. The van der Waals surface area contributed by atoms with Gasteiger partial charge in [-0.3, -0.25) is 4.79 Å². The van der Waals surface area contributed by atoms with E-state index in [9.17, 15) is 9.18 Å². The molecule has 0 radical (unpaired) electrons. The number of carbonyl (C=O) groups is 1. The van der Waals surface area contributed by atoms with Crippen LogP contribution in [0.1, 0.15) is 30.6 Å². The molecule has 2 rings (SSSR count). The molecule has 1 amide bonds. The predicted molar refractivity (Wildman–Crippen MR) is 77.4 cm³/mol. The summed E-state index contributed by atoms with van der Waals surface area (Å²) in [5.74, 6) is 0.520. The van der Waals surface area contributed by atoms with E-state index in [4.69, 9.17) is 5.73 Å². The van der Waals surface area contributed by atoms with Gasteiger partial charge in [-0.05, 0) is 46.3 Å². The largest absolute Gasteiger partial charge is 0.396 e. The number of likely N-dealkylation sites (tertiary alicyclic amines) is 1. The molecule has 0 bridgehead atoms. The Labute approximate surface area is 121 Å². The predicted octanol–water partition coefficient (Wildman–Crippen LogP) is 3.29. The lowest BCUT2D eigenvalue weighted by molar-refractivity contribution is 0.0783. The molecule has 1 heterocycles. The number of carbonyl (C=O) groups excluding carboxylic acids is 1.